The molecular formula is C16H24ClN3O2. The minimum atomic E-state index is 0.0457. The van der Waals surface area contributed by atoms with Crippen molar-refractivity contribution < 1.29 is 9.53 Å². The molecule has 0 radical (unpaired) electrons. The van der Waals surface area contributed by atoms with Crippen molar-refractivity contribution >= 4 is 17.5 Å². The smallest absolute Gasteiger partial charge is 0.234 e. The second kappa shape index (κ2) is 9.79. The molecule has 0 bridgehead atoms. The van der Waals surface area contributed by atoms with E-state index >= 15 is 0 Å². The average molecular weight is 326 g/mol. The summed E-state index contributed by atoms with van der Waals surface area (Å²) in [5.41, 5.74) is 1.21. The molecule has 0 atom stereocenters. The molecule has 1 saturated heterocycles. The summed E-state index contributed by atoms with van der Waals surface area (Å²) in [6.07, 6.45) is 0.887. The fourth-order valence-corrected chi connectivity index (χ4v) is 2.45. The maximum absolute atomic E-state index is 11.7. The van der Waals surface area contributed by atoms with Crippen molar-refractivity contribution in [3.63, 3.8) is 0 Å². The fraction of sp³-hybridized carbons (Fsp3) is 0.562. The Hall–Kier alpha value is -1.14. The molecule has 0 spiro atoms. The van der Waals surface area contributed by atoms with Crippen LogP contribution in [0.1, 0.15) is 5.56 Å². The molecule has 0 aromatic heterocycles. The van der Waals surface area contributed by atoms with Gasteiger partial charge in [-0.25, -0.2) is 0 Å². The first-order chi connectivity index (χ1) is 10.7. The standard InChI is InChI=1S/C16H24ClN3O2/c17-15-3-1-14(2-4-15)5-6-18-13-16(21)19-7-8-20-9-11-22-12-10-20/h1-4,18H,5-13H2,(H,19,21). The minimum Gasteiger partial charge on any atom is -0.379 e. The van der Waals surface area contributed by atoms with E-state index in [1.54, 1.807) is 0 Å². The first kappa shape index (κ1) is 17.2. The Morgan fingerprint density at radius 2 is 1.91 bits per heavy atom. The SMILES string of the molecule is O=C(CNCCc1ccc(Cl)cc1)NCCN1CCOCC1. The summed E-state index contributed by atoms with van der Waals surface area (Å²) in [6.45, 7) is 6.21. The van der Waals surface area contributed by atoms with Crippen LogP contribution in [0.15, 0.2) is 24.3 Å². The largest absolute Gasteiger partial charge is 0.379 e. The van der Waals surface area contributed by atoms with Crippen LogP contribution in [-0.2, 0) is 16.0 Å². The molecule has 5 nitrogen and oxygen atoms in total. The van der Waals surface area contributed by atoms with Crippen molar-refractivity contribution in [2.75, 3.05) is 52.5 Å². The van der Waals surface area contributed by atoms with Crippen LogP contribution in [0.25, 0.3) is 0 Å². The Kier molecular flexibility index (Phi) is 7.66. The second-order valence-electron chi connectivity index (χ2n) is 5.36. The van der Waals surface area contributed by atoms with Crippen LogP contribution in [-0.4, -0.2) is 63.3 Å². The molecule has 1 aromatic carbocycles. The number of nitrogens with one attached hydrogen (secondary N) is 2. The molecule has 0 saturated carbocycles. The van der Waals surface area contributed by atoms with Crippen molar-refractivity contribution in [2.45, 2.75) is 6.42 Å². The predicted octanol–water partition coefficient (Wildman–Crippen LogP) is 0.920. The van der Waals surface area contributed by atoms with Gasteiger partial charge in [0.15, 0.2) is 0 Å². The zero-order valence-electron chi connectivity index (χ0n) is 12.8. The lowest BCUT2D eigenvalue weighted by molar-refractivity contribution is -0.120. The van der Waals surface area contributed by atoms with Crippen LogP contribution >= 0.6 is 11.6 Å². The van der Waals surface area contributed by atoms with E-state index < -0.39 is 0 Å². The van der Waals surface area contributed by atoms with Gasteiger partial charge in [-0.1, -0.05) is 23.7 Å². The van der Waals surface area contributed by atoms with Gasteiger partial charge in [0.25, 0.3) is 0 Å². The molecule has 6 heteroatoms. The van der Waals surface area contributed by atoms with Crippen LogP contribution in [0.5, 0.6) is 0 Å². The van der Waals surface area contributed by atoms with E-state index in [0.717, 1.165) is 50.8 Å². The average Bonchev–Trinajstić information content (AvgIpc) is 2.54. The van der Waals surface area contributed by atoms with Crippen molar-refractivity contribution in [3.8, 4) is 0 Å². The molecule has 1 fully saturated rings. The number of carbonyl (C=O) groups excluding carboxylic acids is 1. The Morgan fingerprint density at radius 3 is 2.64 bits per heavy atom. The van der Waals surface area contributed by atoms with Crippen molar-refractivity contribution in [2.24, 2.45) is 0 Å². The molecular weight excluding hydrogens is 302 g/mol. The third-order valence-electron chi connectivity index (χ3n) is 3.64. The first-order valence-electron chi connectivity index (χ1n) is 7.76. The monoisotopic (exact) mass is 325 g/mol. The topological polar surface area (TPSA) is 53.6 Å². The maximum Gasteiger partial charge on any atom is 0.234 e. The molecule has 2 rings (SSSR count). The highest BCUT2D eigenvalue weighted by molar-refractivity contribution is 6.30. The third-order valence-corrected chi connectivity index (χ3v) is 3.90. The first-order valence-corrected chi connectivity index (χ1v) is 8.14. The Labute approximate surface area is 137 Å². The normalized spacial score (nSPS) is 15.7. The number of benzene rings is 1. The Morgan fingerprint density at radius 1 is 1.18 bits per heavy atom. The lowest BCUT2D eigenvalue weighted by Gasteiger charge is -2.26. The molecule has 1 aliphatic heterocycles. The number of ether oxygens (including phenoxy) is 1. The fourth-order valence-electron chi connectivity index (χ4n) is 2.33. The van der Waals surface area contributed by atoms with Gasteiger partial charge >= 0.3 is 0 Å². The van der Waals surface area contributed by atoms with E-state index in [1.165, 1.54) is 5.56 Å². The van der Waals surface area contributed by atoms with Gasteiger partial charge in [0.1, 0.15) is 0 Å². The zero-order valence-corrected chi connectivity index (χ0v) is 13.6. The zero-order chi connectivity index (χ0) is 15.6. The van der Waals surface area contributed by atoms with Crippen LogP contribution in [0.3, 0.4) is 0 Å². The maximum atomic E-state index is 11.7. The number of hydrogen-bond donors (Lipinski definition) is 2. The van der Waals surface area contributed by atoms with Crippen molar-refractivity contribution in [1.29, 1.82) is 0 Å². The molecule has 1 heterocycles. The van der Waals surface area contributed by atoms with Crippen LogP contribution in [0.2, 0.25) is 5.02 Å². The number of rotatable bonds is 8. The molecule has 1 amide bonds. The molecule has 2 N–H and O–H groups in total. The van der Waals surface area contributed by atoms with Gasteiger partial charge in [0.2, 0.25) is 5.91 Å². The lowest BCUT2D eigenvalue weighted by Crippen LogP contribution is -2.43. The van der Waals surface area contributed by atoms with E-state index in [1.807, 2.05) is 24.3 Å². The van der Waals surface area contributed by atoms with Crippen LogP contribution in [0.4, 0.5) is 0 Å². The molecule has 22 heavy (non-hydrogen) atoms. The Balaban J connectivity index is 1.49. The molecule has 1 aromatic rings. The van der Waals surface area contributed by atoms with Crippen LogP contribution in [0, 0.1) is 0 Å². The van der Waals surface area contributed by atoms with E-state index in [2.05, 4.69) is 15.5 Å². The summed E-state index contributed by atoms with van der Waals surface area (Å²) in [6, 6.07) is 7.78. The van der Waals surface area contributed by atoms with E-state index in [9.17, 15) is 4.79 Å². The van der Waals surface area contributed by atoms with Crippen molar-refractivity contribution in [3.05, 3.63) is 34.9 Å². The highest BCUT2D eigenvalue weighted by atomic mass is 35.5. The predicted molar refractivity (Wildman–Crippen MR) is 88.3 cm³/mol. The Bertz CT molecular complexity index is 447. The van der Waals surface area contributed by atoms with Gasteiger partial charge in [-0.05, 0) is 30.7 Å². The molecule has 122 valence electrons. The molecule has 0 unspecified atom stereocenters. The second-order valence-corrected chi connectivity index (χ2v) is 5.79. The highest BCUT2D eigenvalue weighted by Gasteiger charge is 2.09. The van der Waals surface area contributed by atoms with Crippen molar-refractivity contribution in [1.82, 2.24) is 15.5 Å². The number of carbonyl (C=O) groups is 1. The lowest BCUT2D eigenvalue weighted by atomic mass is 10.1. The quantitative estimate of drug-likeness (QED) is 0.698. The summed E-state index contributed by atoms with van der Waals surface area (Å²) in [5, 5.41) is 6.84. The van der Waals surface area contributed by atoms with Gasteiger partial charge in [0, 0.05) is 31.2 Å². The van der Waals surface area contributed by atoms with E-state index in [-0.39, 0.29) is 5.91 Å². The van der Waals surface area contributed by atoms with Gasteiger partial charge < -0.3 is 15.4 Å². The van der Waals surface area contributed by atoms with Gasteiger partial charge in [-0.15, -0.1) is 0 Å². The molecule has 0 aliphatic carbocycles. The summed E-state index contributed by atoms with van der Waals surface area (Å²) in [5.74, 6) is 0.0457. The minimum absolute atomic E-state index is 0.0457. The van der Waals surface area contributed by atoms with E-state index in [0.29, 0.717) is 13.1 Å². The van der Waals surface area contributed by atoms with Gasteiger partial charge in [0.05, 0.1) is 19.8 Å². The third kappa shape index (κ3) is 6.75. The van der Waals surface area contributed by atoms with Gasteiger partial charge in [-0.3, -0.25) is 9.69 Å². The summed E-state index contributed by atoms with van der Waals surface area (Å²) >= 11 is 5.84. The highest BCUT2D eigenvalue weighted by Crippen LogP contribution is 2.09. The molecule has 1 aliphatic rings. The van der Waals surface area contributed by atoms with Crippen LogP contribution < -0.4 is 10.6 Å². The number of morpholine rings is 1. The summed E-state index contributed by atoms with van der Waals surface area (Å²) in [4.78, 5) is 14.0. The number of hydrogen-bond acceptors (Lipinski definition) is 4. The number of halogens is 1. The van der Waals surface area contributed by atoms with Gasteiger partial charge in [-0.2, -0.15) is 0 Å². The number of amides is 1. The number of nitrogens with zero attached hydrogens (tertiary/aromatic N) is 1. The summed E-state index contributed by atoms with van der Waals surface area (Å²) in [7, 11) is 0. The van der Waals surface area contributed by atoms with E-state index in [4.69, 9.17) is 16.3 Å². The summed E-state index contributed by atoms with van der Waals surface area (Å²) < 4.78 is 5.29.